The Hall–Kier alpha value is -5.18. The Bertz CT molecular complexity index is 2240. The molecule has 0 aliphatic rings. The van der Waals surface area contributed by atoms with Crippen LogP contribution in [0.3, 0.4) is 0 Å². The van der Waals surface area contributed by atoms with Gasteiger partial charge in [-0.1, -0.05) is 23.7 Å². The molecule has 0 saturated carbocycles. The van der Waals surface area contributed by atoms with Crippen LogP contribution in [0.2, 0.25) is 5.02 Å². The molecule has 4 aromatic heterocycles. The molecule has 0 fully saturated rings. The Labute approximate surface area is 258 Å². The Kier molecular flexibility index (Phi) is 7.55. The molecule has 6 rings (SSSR count). The van der Waals surface area contributed by atoms with Crippen molar-refractivity contribution in [3.8, 4) is 34.2 Å². The van der Waals surface area contributed by atoms with Gasteiger partial charge >= 0.3 is 5.97 Å². The first-order valence-corrected chi connectivity index (χ1v) is 14.5. The zero-order chi connectivity index (χ0) is 31.1. The SMILES string of the molecule is Cc1cc(-c2cc(Cl)ccc2OCCn2c(C)nc3cnc(-c4ccccc4F)c(C#N)c3c2=O)c2scc(C(=O)O)c2n1. The highest BCUT2D eigenvalue weighted by Gasteiger charge is 2.21. The van der Waals surface area contributed by atoms with Crippen LogP contribution in [0.15, 0.2) is 64.9 Å². The predicted molar refractivity (Wildman–Crippen MR) is 166 cm³/mol. The number of nitriles is 1. The third-order valence-electron chi connectivity index (χ3n) is 7.12. The summed E-state index contributed by atoms with van der Waals surface area (Å²) in [5.41, 5.74) is 2.34. The normalized spacial score (nSPS) is 11.2. The van der Waals surface area contributed by atoms with Crippen LogP contribution >= 0.6 is 22.9 Å². The lowest BCUT2D eigenvalue weighted by atomic mass is 10.0. The van der Waals surface area contributed by atoms with E-state index in [1.807, 2.05) is 12.1 Å². The number of aromatic carboxylic acids is 1. The van der Waals surface area contributed by atoms with Crippen molar-refractivity contribution in [1.82, 2.24) is 19.5 Å². The summed E-state index contributed by atoms with van der Waals surface area (Å²) in [5.74, 6) is -0.774. The van der Waals surface area contributed by atoms with Crippen molar-refractivity contribution in [2.24, 2.45) is 0 Å². The zero-order valence-corrected chi connectivity index (χ0v) is 24.8. The second kappa shape index (κ2) is 11.5. The van der Waals surface area contributed by atoms with Crippen molar-refractivity contribution < 1.29 is 19.0 Å². The van der Waals surface area contributed by atoms with E-state index in [4.69, 9.17) is 16.3 Å². The van der Waals surface area contributed by atoms with E-state index < -0.39 is 17.3 Å². The largest absolute Gasteiger partial charge is 0.491 e. The van der Waals surface area contributed by atoms with E-state index in [9.17, 15) is 24.3 Å². The Morgan fingerprint density at radius 2 is 1.93 bits per heavy atom. The molecular weight excluding hydrogens is 605 g/mol. The number of hydrogen-bond acceptors (Lipinski definition) is 8. The number of fused-ring (bicyclic) bond motifs is 2. The topological polar surface area (TPSA) is 131 Å². The molecule has 4 heterocycles. The third kappa shape index (κ3) is 5.04. The van der Waals surface area contributed by atoms with Gasteiger partial charge in [-0.25, -0.2) is 14.2 Å². The summed E-state index contributed by atoms with van der Waals surface area (Å²) in [6.07, 6.45) is 1.37. The lowest BCUT2D eigenvalue weighted by molar-refractivity contribution is 0.0699. The molecule has 0 radical (unpaired) electrons. The number of aryl methyl sites for hydroxylation is 2. The molecule has 0 atom stereocenters. The number of halogens is 2. The van der Waals surface area contributed by atoms with E-state index in [0.29, 0.717) is 38.1 Å². The lowest BCUT2D eigenvalue weighted by Gasteiger charge is -2.16. The zero-order valence-electron chi connectivity index (χ0n) is 23.3. The average molecular weight is 626 g/mol. The van der Waals surface area contributed by atoms with Crippen LogP contribution in [-0.2, 0) is 6.54 Å². The summed E-state index contributed by atoms with van der Waals surface area (Å²) in [4.78, 5) is 38.7. The van der Waals surface area contributed by atoms with E-state index in [0.717, 1.165) is 5.56 Å². The van der Waals surface area contributed by atoms with Crippen LogP contribution in [0, 0.1) is 31.0 Å². The fraction of sp³-hybridized carbons (Fsp3) is 0.125. The summed E-state index contributed by atoms with van der Waals surface area (Å²) in [5, 5.41) is 21.7. The van der Waals surface area contributed by atoms with Gasteiger partial charge in [0.15, 0.2) is 0 Å². The molecule has 0 aliphatic heterocycles. The number of carbonyl (C=O) groups is 1. The molecule has 0 saturated heterocycles. The molecule has 0 unspecified atom stereocenters. The Morgan fingerprint density at radius 3 is 2.68 bits per heavy atom. The van der Waals surface area contributed by atoms with Crippen LogP contribution in [0.1, 0.15) is 27.4 Å². The van der Waals surface area contributed by atoms with Gasteiger partial charge in [-0.3, -0.25) is 19.3 Å². The van der Waals surface area contributed by atoms with Crippen molar-refractivity contribution in [3.63, 3.8) is 0 Å². The predicted octanol–water partition coefficient (Wildman–Crippen LogP) is 6.79. The van der Waals surface area contributed by atoms with Gasteiger partial charge < -0.3 is 9.84 Å². The number of carboxylic acid groups (broad SMARTS) is 1. The van der Waals surface area contributed by atoms with Gasteiger partial charge in [-0.2, -0.15) is 5.26 Å². The summed E-state index contributed by atoms with van der Waals surface area (Å²) in [6.45, 7) is 3.58. The number of hydrogen-bond donors (Lipinski definition) is 1. The molecule has 0 spiro atoms. The van der Waals surface area contributed by atoms with Crippen LogP contribution < -0.4 is 10.3 Å². The van der Waals surface area contributed by atoms with Gasteiger partial charge in [-0.15, -0.1) is 11.3 Å². The Morgan fingerprint density at radius 1 is 1.14 bits per heavy atom. The van der Waals surface area contributed by atoms with E-state index in [1.165, 1.54) is 40.3 Å². The number of benzene rings is 2. The minimum atomic E-state index is -1.07. The standard InChI is InChI=1S/C32H21ClFN5O4S/c1-16-11-21(30-29(37-16)23(15-44-30)32(41)42)20-12-18(33)7-8-26(20)43-10-9-39-17(2)38-25-14-36-28(19-5-3-4-6-24(19)34)22(13-35)27(25)31(39)40/h3-8,11-12,14-15H,9-10H2,1-2H3,(H,41,42). The lowest BCUT2D eigenvalue weighted by Crippen LogP contribution is -2.27. The maximum atomic E-state index is 14.6. The second-order valence-corrected chi connectivity index (χ2v) is 11.2. The number of rotatable bonds is 7. The molecule has 218 valence electrons. The number of aromatic nitrogens is 4. The van der Waals surface area contributed by atoms with Crippen LogP contribution in [0.25, 0.3) is 43.5 Å². The molecule has 12 heteroatoms. The van der Waals surface area contributed by atoms with Crippen molar-refractivity contribution in [2.45, 2.75) is 20.4 Å². The van der Waals surface area contributed by atoms with Crippen molar-refractivity contribution >= 4 is 50.0 Å². The number of nitrogens with zero attached hydrogens (tertiary/aromatic N) is 5. The van der Waals surface area contributed by atoms with Crippen LogP contribution in [0.5, 0.6) is 5.75 Å². The summed E-state index contributed by atoms with van der Waals surface area (Å²) in [7, 11) is 0. The smallest absolute Gasteiger partial charge is 0.338 e. The third-order valence-corrected chi connectivity index (χ3v) is 8.35. The maximum Gasteiger partial charge on any atom is 0.338 e. The van der Waals surface area contributed by atoms with Crippen molar-refractivity contribution in [2.75, 3.05) is 6.61 Å². The summed E-state index contributed by atoms with van der Waals surface area (Å²) < 4.78 is 22.8. The monoisotopic (exact) mass is 625 g/mol. The maximum absolute atomic E-state index is 14.6. The quantitative estimate of drug-likeness (QED) is 0.205. The summed E-state index contributed by atoms with van der Waals surface area (Å²) in [6, 6.07) is 14.9. The van der Waals surface area contributed by atoms with Crippen molar-refractivity contribution in [1.29, 1.82) is 5.26 Å². The Balaban J connectivity index is 1.37. The van der Waals surface area contributed by atoms with Gasteiger partial charge in [-0.05, 0) is 50.2 Å². The molecular formula is C32H21ClFN5O4S. The first kappa shape index (κ1) is 28.9. The fourth-order valence-electron chi connectivity index (χ4n) is 5.12. The fourth-order valence-corrected chi connectivity index (χ4v) is 6.31. The molecule has 0 amide bonds. The van der Waals surface area contributed by atoms with E-state index in [2.05, 4.69) is 15.0 Å². The van der Waals surface area contributed by atoms with E-state index in [1.54, 1.807) is 43.5 Å². The highest BCUT2D eigenvalue weighted by Crippen LogP contribution is 2.40. The minimum Gasteiger partial charge on any atom is -0.491 e. The first-order chi connectivity index (χ1) is 21.2. The summed E-state index contributed by atoms with van der Waals surface area (Å²) >= 11 is 7.63. The molecule has 0 aliphatic carbocycles. The van der Waals surface area contributed by atoms with Crippen LogP contribution in [-0.4, -0.2) is 37.2 Å². The van der Waals surface area contributed by atoms with Gasteiger partial charge in [0.25, 0.3) is 5.56 Å². The highest BCUT2D eigenvalue weighted by molar-refractivity contribution is 7.18. The molecule has 44 heavy (non-hydrogen) atoms. The minimum absolute atomic E-state index is 0.0418. The molecule has 6 aromatic rings. The molecule has 1 N–H and O–H groups in total. The molecule has 9 nitrogen and oxygen atoms in total. The van der Waals surface area contributed by atoms with E-state index >= 15 is 0 Å². The molecule has 0 bridgehead atoms. The number of carboxylic acids is 1. The first-order valence-electron chi connectivity index (χ1n) is 13.3. The second-order valence-electron chi connectivity index (χ2n) is 9.88. The van der Waals surface area contributed by atoms with Gasteiger partial charge in [0.1, 0.15) is 30.1 Å². The number of pyridine rings is 2. The number of thiophene rings is 1. The van der Waals surface area contributed by atoms with Gasteiger partial charge in [0.2, 0.25) is 0 Å². The molecule has 2 aromatic carbocycles. The number of ether oxygens (including phenoxy) is 1. The van der Waals surface area contributed by atoms with Gasteiger partial charge in [0.05, 0.1) is 50.7 Å². The van der Waals surface area contributed by atoms with Gasteiger partial charge in [0, 0.05) is 32.8 Å². The van der Waals surface area contributed by atoms with Crippen LogP contribution in [0.4, 0.5) is 4.39 Å². The average Bonchev–Trinajstić information content (AvgIpc) is 3.43. The highest BCUT2D eigenvalue weighted by atomic mass is 35.5. The van der Waals surface area contributed by atoms with E-state index in [-0.39, 0.29) is 46.4 Å². The van der Waals surface area contributed by atoms with Crippen molar-refractivity contribution in [3.05, 3.63) is 104 Å².